The maximum Gasteiger partial charge on any atom is 0.261 e. The third-order valence-electron chi connectivity index (χ3n) is 5.48. The van der Waals surface area contributed by atoms with Gasteiger partial charge >= 0.3 is 0 Å². The van der Waals surface area contributed by atoms with Crippen molar-refractivity contribution in [1.29, 1.82) is 0 Å². The molecule has 0 atom stereocenters. The molecule has 1 amide bonds. The van der Waals surface area contributed by atoms with Crippen LogP contribution in [0.1, 0.15) is 31.5 Å². The molecule has 29 heavy (non-hydrogen) atoms. The van der Waals surface area contributed by atoms with E-state index in [2.05, 4.69) is 27.3 Å². The van der Waals surface area contributed by atoms with Gasteiger partial charge in [-0.15, -0.1) is 0 Å². The van der Waals surface area contributed by atoms with Gasteiger partial charge in [-0.2, -0.15) is 0 Å². The SMILES string of the molecule is Cc1nc2ccccc2c(=O)n1CC(=O)Nc1ccc(N2CCCCCC2)cc1. The molecule has 6 heteroatoms. The summed E-state index contributed by atoms with van der Waals surface area (Å²) in [5, 5.41) is 3.41. The van der Waals surface area contributed by atoms with Crippen LogP contribution in [0.5, 0.6) is 0 Å². The molecule has 0 radical (unpaired) electrons. The van der Waals surface area contributed by atoms with Crippen molar-refractivity contribution in [2.75, 3.05) is 23.3 Å². The molecule has 3 aromatic rings. The van der Waals surface area contributed by atoms with Crippen LogP contribution in [-0.2, 0) is 11.3 Å². The van der Waals surface area contributed by atoms with Gasteiger partial charge in [-0.05, 0) is 56.2 Å². The van der Waals surface area contributed by atoms with E-state index in [4.69, 9.17) is 0 Å². The lowest BCUT2D eigenvalue weighted by molar-refractivity contribution is -0.116. The van der Waals surface area contributed by atoms with Gasteiger partial charge in [0.2, 0.25) is 5.91 Å². The topological polar surface area (TPSA) is 67.2 Å². The molecule has 1 fully saturated rings. The predicted octanol–water partition coefficient (Wildman–Crippen LogP) is 3.72. The number of carbonyl (C=O) groups is 1. The minimum atomic E-state index is -0.241. The number of aromatic nitrogens is 2. The van der Waals surface area contributed by atoms with Gasteiger partial charge in [0, 0.05) is 24.5 Å². The van der Waals surface area contributed by atoms with Crippen LogP contribution in [0.25, 0.3) is 10.9 Å². The summed E-state index contributed by atoms with van der Waals surface area (Å²) < 4.78 is 1.42. The fraction of sp³-hybridized carbons (Fsp3) is 0.348. The molecule has 0 saturated carbocycles. The highest BCUT2D eigenvalue weighted by Crippen LogP contribution is 2.21. The lowest BCUT2D eigenvalue weighted by Gasteiger charge is -2.22. The van der Waals surface area contributed by atoms with Crippen LogP contribution in [0, 0.1) is 6.92 Å². The number of fused-ring (bicyclic) bond motifs is 1. The second-order valence-corrected chi connectivity index (χ2v) is 7.56. The molecular weight excluding hydrogens is 364 g/mol. The Morgan fingerprint density at radius 2 is 1.69 bits per heavy atom. The van der Waals surface area contributed by atoms with Crippen LogP contribution >= 0.6 is 0 Å². The van der Waals surface area contributed by atoms with Crippen LogP contribution in [0.15, 0.2) is 53.3 Å². The third-order valence-corrected chi connectivity index (χ3v) is 5.48. The fourth-order valence-corrected chi connectivity index (χ4v) is 3.89. The lowest BCUT2D eigenvalue weighted by Crippen LogP contribution is -2.30. The van der Waals surface area contributed by atoms with E-state index in [1.54, 1.807) is 25.1 Å². The fourth-order valence-electron chi connectivity index (χ4n) is 3.89. The van der Waals surface area contributed by atoms with Crippen molar-refractivity contribution < 1.29 is 4.79 Å². The summed E-state index contributed by atoms with van der Waals surface area (Å²) in [5.74, 6) is 0.287. The van der Waals surface area contributed by atoms with Crippen molar-refractivity contribution >= 4 is 28.2 Å². The van der Waals surface area contributed by atoms with Gasteiger partial charge in [-0.1, -0.05) is 25.0 Å². The zero-order valence-corrected chi connectivity index (χ0v) is 16.7. The summed E-state index contributed by atoms with van der Waals surface area (Å²) in [6.07, 6.45) is 5.05. The second-order valence-electron chi connectivity index (χ2n) is 7.56. The Bertz CT molecular complexity index is 1060. The van der Waals surface area contributed by atoms with E-state index in [0.29, 0.717) is 16.7 Å². The van der Waals surface area contributed by atoms with Gasteiger partial charge in [0.15, 0.2) is 0 Å². The number of amides is 1. The highest BCUT2D eigenvalue weighted by Gasteiger charge is 2.13. The number of para-hydroxylation sites is 1. The van der Waals surface area contributed by atoms with Crippen LogP contribution in [-0.4, -0.2) is 28.5 Å². The Balaban J connectivity index is 1.46. The Morgan fingerprint density at radius 1 is 1.00 bits per heavy atom. The summed E-state index contributed by atoms with van der Waals surface area (Å²) in [7, 11) is 0. The first kappa shape index (κ1) is 19.2. The maximum atomic E-state index is 12.7. The molecular formula is C23H26N4O2. The number of aryl methyl sites for hydroxylation is 1. The van der Waals surface area contributed by atoms with Gasteiger partial charge in [-0.3, -0.25) is 14.2 Å². The molecule has 1 saturated heterocycles. The Morgan fingerprint density at radius 3 is 2.41 bits per heavy atom. The lowest BCUT2D eigenvalue weighted by atomic mass is 10.2. The van der Waals surface area contributed by atoms with Crippen molar-refractivity contribution in [3.05, 3.63) is 64.7 Å². The smallest absolute Gasteiger partial charge is 0.261 e. The van der Waals surface area contributed by atoms with Crippen molar-refractivity contribution in [3.63, 3.8) is 0 Å². The van der Waals surface area contributed by atoms with E-state index in [0.717, 1.165) is 18.8 Å². The molecule has 1 N–H and O–H groups in total. The van der Waals surface area contributed by atoms with Crippen molar-refractivity contribution in [2.45, 2.75) is 39.2 Å². The normalized spacial score (nSPS) is 14.6. The van der Waals surface area contributed by atoms with E-state index in [-0.39, 0.29) is 18.0 Å². The predicted molar refractivity (Wildman–Crippen MR) is 116 cm³/mol. The average molecular weight is 390 g/mol. The molecule has 1 aliphatic heterocycles. The minimum Gasteiger partial charge on any atom is -0.372 e. The summed E-state index contributed by atoms with van der Waals surface area (Å²) in [6, 6.07) is 15.1. The number of carbonyl (C=O) groups excluding carboxylic acids is 1. The summed E-state index contributed by atoms with van der Waals surface area (Å²) in [4.78, 5) is 32.1. The standard InChI is InChI=1S/C23H26N4O2/c1-17-24-21-9-5-4-8-20(21)23(29)27(17)16-22(28)25-18-10-12-19(13-11-18)26-14-6-2-3-7-15-26/h4-5,8-13H,2-3,6-7,14-16H2,1H3,(H,25,28). The molecule has 150 valence electrons. The highest BCUT2D eigenvalue weighted by molar-refractivity contribution is 5.91. The molecule has 0 bridgehead atoms. The molecule has 6 nitrogen and oxygen atoms in total. The summed E-state index contributed by atoms with van der Waals surface area (Å²) in [5.41, 5.74) is 2.37. The quantitative estimate of drug-likeness (QED) is 0.737. The maximum absolute atomic E-state index is 12.7. The number of hydrogen-bond donors (Lipinski definition) is 1. The van der Waals surface area contributed by atoms with Crippen LogP contribution in [0.2, 0.25) is 0 Å². The molecule has 0 spiro atoms. The number of nitrogens with one attached hydrogen (secondary N) is 1. The summed E-state index contributed by atoms with van der Waals surface area (Å²) >= 11 is 0. The van der Waals surface area contributed by atoms with Crippen LogP contribution < -0.4 is 15.8 Å². The van der Waals surface area contributed by atoms with Crippen LogP contribution in [0.3, 0.4) is 0 Å². The monoisotopic (exact) mass is 390 g/mol. The largest absolute Gasteiger partial charge is 0.372 e. The number of rotatable bonds is 4. The van der Waals surface area contributed by atoms with Crippen molar-refractivity contribution in [3.8, 4) is 0 Å². The number of benzene rings is 2. The average Bonchev–Trinajstić information content (AvgIpc) is 3.01. The molecule has 0 unspecified atom stereocenters. The second kappa shape index (κ2) is 8.47. The number of nitrogens with zero attached hydrogens (tertiary/aromatic N) is 3. The highest BCUT2D eigenvalue weighted by atomic mass is 16.2. The van der Waals surface area contributed by atoms with E-state index < -0.39 is 0 Å². The van der Waals surface area contributed by atoms with Crippen molar-refractivity contribution in [2.24, 2.45) is 0 Å². The number of hydrogen-bond acceptors (Lipinski definition) is 4. The van der Waals surface area contributed by atoms with Crippen molar-refractivity contribution in [1.82, 2.24) is 9.55 Å². The van der Waals surface area contributed by atoms with Gasteiger partial charge in [0.25, 0.3) is 5.56 Å². The number of anilines is 2. The zero-order valence-electron chi connectivity index (χ0n) is 16.7. The van der Waals surface area contributed by atoms with E-state index in [1.165, 1.54) is 35.9 Å². The van der Waals surface area contributed by atoms with Gasteiger partial charge in [-0.25, -0.2) is 4.98 Å². The Labute approximate surface area is 170 Å². The Hall–Kier alpha value is -3.15. The summed E-state index contributed by atoms with van der Waals surface area (Å²) in [6.45, 7) is 3.86. The van der Waals surface area contributed by atoms with E-state index in [9.17, 15) is 9.59 Å². The van der Waals surface area contributed by atoms with Gasteiger partial charge in [0.05, 0.1) is 10.9 Å². The Kier molecular flexibility index (Phi) is 5.60. The molecule has 1 aromatic heterocycles. The molecule has 2 aromatic carbocycles. The van der Waals surface area contributed by atoms with Gasteiger partial charge in [0.1, 0.15) is 12.4 Å². The zero-order chi connectivity index (χ0) is 20.2. The molecule has 2 heterocycles. The molecule has 4 rings (SSSR count). The first-order valence-corrected chi connectivity index (χ1v) is 10.2. The molecule has 0 aliphatic carbocycles. The first-order valence-electron chi connectivity index (χ1n) is 10.2. The third kappa shape index (κ3) is 4.31. The minimum absolute atomic E-state index is 0.0591. The van der Waals surface area contributed by atoms with Crippen LogP contribution in [0.4, 0.5) is 11.4 Å². The van der Waals surface area contributed by atoms with Gasteiger partial charge < -0.3 is 10.2 Å². The van der Waals surface area contributed by atoms with E-state index >= 15 is 0 Å². The first-order chi connectivity index (χ1) is 14.1. The molecule has 1 aliphatic rings. The van der Waals surface area contributed by atoms with E-state index in [1.807, 2.05) is 18.2 Å².